The highest BCUT2D eigenvalue weighted by atomic mass is 35.5. The fraction of sp³-hybridized carbons (Fsp3) is 0.0769. The summed E-state index contributed by atoms with van der Waals surface area (Å²) >= 11 is 5.86. The normalized spacial score (nSPS) is 10.2. The van der Waals surface area contributed by atoms with E-state index in [0.29, 0.717) is 21.8 Å². The Hall–Kier alpha value is -1.87. The maximum Gasteiger partial charge on any atom is 0.196 e. The Morgan fingerprint density at radius 1 is 1.29 bits per heavy atom. The third-order valence-electron chi connectivity index (χ3n) is 2.54. The van der Waals surface area contributed by atoms with Gasteiger partial charge in [-0.2, -0.15) is 0 Å². The lowest BCUT2D eigenvalue weighted by Gasteiger charge is -2.07. The van der Waals surface area contributed by atoms with Gasteiger partial charge in [-0.3, -0.25) is 9.78 Å². The van der Waals surface area contributed by atoms with Crippen molar-refractivity contribution < 1.29 is 4.79 Å². The molecule has 2 rings (SSSR count). The minimum Gasteiger partial charge on any atom is -0.398 e. The summed E-state index contributed by atoms with van der Waals surface area (Å²) in [4.78, 5) is 16.2. The molecule has 4 heteroatoms. The summed E-state index contributed by atoms with van der Waals surface area (Å²) in [6, 6.07) is 6.64. The maximum absolute atomic E-state index is 12.3. The van der Waals surface area contributed by atoms with Gasteiger partial charge in [-0.15, -0.1) is 0 Å². The van der Waals surface area contributed by atoms with E-state index in [2.05, 4.69) is 4.98 Å². The zero-order chi connectivity index (χ0) is 12.4. The zero-order valence-corrected chi connectivity index (χ0v) is 10.0. The average Bonchev–Trinajstić information content (AvgIpc) is 2.32. The van der Waals surface area contributed by atoms with Gasteiger partial charge in [0.25, 0.3) is 0 Å². The van der Waals surface area contributed by atoms with Crippen molar-refractivity contribution in [1.29, 1.82) is 0 Å². The molecule has 0 saturated carbocycles. The Balaban J connectivity index is 2.51. The number of aryl methyl sites for hydroxylation is 1. The molecule has 17 heavy (non-hydrogen) atoms. The second-order valence-electron chi connectivity index (χ2n) is 3.75. The van der Waals surface area contributed by atoms with Gasteiger partial charge in [0.15, 0.2) is 5.78 Å². The second-order valence-corrected chi connectivity index (χ2v) is 4.19. The van der Waals surface area contributed by atoms with Crippen LogP contribution in [0.5, 0.6) is 0 Å². The summed E-state index contributed by atoms with van der Waals surface area (Å²) in [6.07, 6.45) is 3.19. The molecular weight excluding hydrogens is 236 g/mol. The summed E-state index contributed by atoms with van der Waals surface area (Å²) < 4.78 is 0. The van der Waals surface area contributed by atoms with Crippen LogP contribution in [0.2, 0.25) is 5.02 Å². The van der Waals surface area contributed by atoms with Crippen molar-refractivity contribution in [3.63, 3.8) is 0 Å². The van der Waals surface area contributed by atoms with Crippen molar-refractivity contribution in [2.24, 2.45) is 0 Å². The van der Waals surface area contributed by atoms with Crippen LogP contribution in [-0.2, 0) is 0 Å². The molecule has 0 fully saturated rings. The first-order valence-corrected chi connectivity index (χ1v) is 5.47. The monoisotopic (exact) mass is 246 g/mol. The van der Waals surface area contributed by atoms with Gasteiger partial charge < -0.3 is 5.73 Å². The van der Waals surface area contributed by atoms with Crippen LogP contribution < -0.4 is 5.73 Å². The standard InChI is InChI=1S/C13H11ClN2O/c1-8-4-5-16-7-11(8)13(17)10-6-9(14)2-3-12(10)15/h2-7H,15H2,1H3. The first kappa shape index (κ1) is 11.6. The number of aromatic nitrogens is 1. The Morgan fingerprint density at radius 2 is 2.06 bits per heavy atom. The van der Waals surface area contributed by atoms with E-state index in [1.54, 1.807) is 30.5 Å². The van der Waals surface area contributed by atoms with Crippen LogP contribution in [0.3, 0.4) is 0 Å². The molecule has 0 aliphatic carbocycles. The van der Waals surface area contributed by atoms with Crippen LogP contribution in [0.25, 0.3) is 0 Å². The maximum atomic E-state index is 12.3. The Labute approximate surface area is 104 Å². The molecular formula is C13H11ClN2O. The number of anilines is 1. The number of pyridine rings is 1. The van der Waals surface area contributed by atoms with Gasteiger partial charge in [-0.05, 0) is 36.8 Å². The van der Waals surface area contributed by atoms with E-state index >= 15 is 0 Å². The highest BCUT2D eigenvalue weighted by Gasteiger charge is 2.14. The lowest BCUT2D eigenvalue weighted by molar-refractivity contribution is 0.103. The number of benzene rings is 1. The van der Waals surface area contributed by atoms with E-state index in [0.717, 1.165) is 5.56 Å². The molecule has 0 radical (unpaired) electrons. The van der Waals surface area contributed by atoms with E-state index in [1.165, 1.54) is 6.20 Å². The molecule has 0 saturated heterocycles. The molecule has 1 aromatic carbocycles. The summed E-state index contributed by atoms with van der Waals surface area (Å²) in [7, 11) is 0. The fourth-order valence-corrected chi connectivity index (χ4v) is 1.74. The molecule has 1 heterocycles. The number of hydrogen-bond donors (Lipinski definition) is 1. The molecule has 0 spiro atoms. The van der Waals surface area contributed by atoms with Gasteiger partial charge in [0, 0.05) is 34.2 Å². The number of nitrogens with two attached hydrogens (primary N) is 1. The number of hydrogen-bond acceptors (Lipinski definition) is 3. The second kappa shape index (κ2) is 4.55. The van der Waals surface area contributed by atoms with Crippen molar-refractivity contribution in [3.8, 4) is 0 Å². The van der Waals surface area contributed by atoms with Gasteiger partial charge in [0.1, 0.15) is 0 Å². The van der Waals surface area contributed by atoms with Crippen molar-refractivity contribution >= 4 is 23.1 Å². The van der Waals surface area contributed by atoms with E-state index in [4.69, 9.17) is 17.3 Å². The van der Waals surface area contributed by atoms with Gasteiger partial charge in [0.05, 0.1) is 0 Å². The number of nitrogen functional groups attached to an aromatic ring is 1. The van der Waals surface area contributed by atoms with Crippen LogP contribution in [0.1, 0.15) is 21.5 Å². The summed E-state index contributed by atoms with van der Waals surface area (Å²) in [5.74, 6) is -0.157. The molecule has 1 aromatic heterocycles. The number of halogens is 1. The largest absolute Gasteiger partial charge is 0.398 e. The van der Waals surface area contributed by atoms with Crippen molar-refractivity contribution in [2.45, 2.75) is 6.92 Å². The average molecular weight is 247 g/mol. The fourth-order valence-electron chi connectivity index (χ4n) is 1.57. The molecule has 0 unspecified atom stereocenters. The molecule has 0 amide bonds. The predicted molar refractivity (Wildman–Crippen MR) is 68.3 cm³/mol. The molecule has 2 N–H and O–H groups in total. The first-order valence-electron chi connectivity index (χ1n) is 5.10. The van der Waals surface area contributed by atoms with Crippen molar-refractivity contribution in [1.82, 2.24) is 4.98 Å². The van der Waals surface area contributed by atoms with Gasteiger partial charge >= 0.3 is 0 Å². The zero-order valence-electron chi connectivity index (χ0n) is 9.27. The molecule has 0 atom stereocenters. The molecule has 0 aliphatic heterocycles. The van der Waals surface area contributed by atoms with E-state index in [-0.39, 0.29) is 5.78 Å². The topological polar surface area (TPSA) is 56.0 Å². The Bertz CT molecular complexity index is 581. The number of ketones is 1. The van der Waals surface area contributed by atoms with Crippen LogP contribution in [0.15, 0.2) is 36.7 Å². The quantitative estimate of drug-likeness (QED) is 0.655. The van der Waals surface area contributed by atoms with Gasteiger partial charge in [0.2, 0.25) is 0 Å². The first-order chi connectivity index (χ1) is 8.09. The van der Waals surface area contributed by atoms with Crippen molar-refractivity contribution in [3.05, 3.63) is 58.4 Å². The van der Waals surface area contributed by atoms with Crippen LogP contribution in [0, 0.1) is 6.92 Å². The van der Waals surface area contributed by atoms with Gasteiger partial charge in [-0.1, -0.05) is 11.6 Å². The lowest BCUT2D eigenvalue weighted by Crippen LogP contribution is -2.07. The lowest BCUT2D eigenvalue weighted by atomic mass is 10.00. The predicted octanol–water partition coefficient (Wildman–Crippen LogP) is 2.86. The highest BCUT2D eigenvalue weighted by molar-refractivity contribution is 6.31. The number of carbonyl (C=O) groups is 1. The number of nitrogens with zero attached hydrogens (tertiary/aromatic N) is 1. The smallest absolute Gasteiger partial charge is 0.196 e. The van der Waals surface area contributed by atoms with Gasteiger partial charge in [-0.25, -0.2) is 0 Å². The van der Waals surface area contributed by atoms with Crippen LogP contribution >= 0.6 is 11.6 Å². The third kappa shape index (κ3) is 2.29. The molecule has 0 aliphatic rings. The van der Waals surface area contributed by atoms with Crippen LogP contribution in [0.4, 0.5) is 5.69 Å². The van der Waals surface area contributed by atoms with E-state index in [1.807, 2.05) is 6.92 Å². The third-order valence-corrected chi connectivity index (χ3v) is 2.78. The molecule has 3 nitrogen and oxygen atoms in total. The number of rotatable bonds is 2. The Morgan fingerprint density at radius 3 is 2.76 bits per heavy atom. The SMILES string of the molecule is Cc1ccncc1C(=O)c1cc(Cl)ccc1N. The van der Waals surface area contributed by atoms with E-state index in [9.17, 15) is 4.79 Å². The van der Waals surface area contributed by atoms with E-state index < -0.39 is 0 Å². The Kier molecular flexibility index (Phi) is 3.11. The highest BCUT2D eigenvalue weighted by Crippen LogP contribution is 2.22. The minimum atomic E-state index is -0.157. The minimum absolute atomic E-state index is 0.157. The molecule has 2 aromatic rings. The summed E-state index contributed by atoms with van der Waals surface area (Å²) in [6.45, 7) is 1.86. The van der Waals surface area contributed by atoms with Crippen molar-refractivity contribution in [2.75, 3.05) is 5.73 Å². The summed E-state index contributed by atoms with van der Waals surface area (Å²) in [5, 5.41) is 0.490. The van der Waals surface area contributed by atoms with Crippen LogP contribution in [-0.4, -0.2) is 10.8 Å². The number of carbonyl (C=O) groups excluding carboxylic acids is 1. The molecule has 86 valence electrons. The molecule has 0 bridgehead atoms. The summed E-state index contributed by atoms with van der Waals surface area (Å²) in [5.41, 5.74) is 8.02.